The number of hydrogen-bond donors (Lipinski definition) is 6. The second-order valence-electron chi connectivity index (χ2n) is 9.72. The number of aliphatic hydroxyl groups is 4. The zero-order valence-electron chi connectivity index (χ0n) is 20.0. The van der Waals surface area contributed by atoms with Gasteiger partial charge in [0.2, 0.25) is 11.8 Å². The number of carbonyl (C=O) groups is 2. The Hall–Kier alpha value is -1.26. The van der Waals surface area contributed by atoms with Gasteiger partial charge in [-0.3, -0.25) is 9.59 Å². The van der Waals surface area contributed by atoms with Crippen LogP contribution in [0.1, 0.15) is 67.2 Å². The Kier molecular flexibility index (Phi) is 13.4. The number of hydrogen-bond acceptors (Lipinski definition) is 7. The lowest BCUT2D eigenvalue weighted by Gasteiger charge is -2.27. The molecule has 4 unspecified atom stereocenters. The first-order chi connectivity index (χ1) is 14.3. The van der Waals surface area contributed by atoms with Crippen LogP contribution in [0.15, 0.2) is 0 Å². The molecule has 31 heavy (non-hydrogen) atoms. The van der Waals surface area contributed by atoms with E-state index < -0.39 is 34.9 Å². The average Bonchev–Trinajstić information content (AvgIpc) is 2.72. The highest BCUT2D eigenvalue weighted by Crippen LogP contribution is 2.20. The summed E-state index contributed by atoms with van der Waals surface area (Å²) in [5.41, 5.74) is -1.77. The normalized spacial score (nSPS) is 16.3. The van der Waals surface area contributed by atoms with Crippen molar-refractivity contribution in [3.05, 3.63) is 0 Å². The highest BCUT2D eigenvalue weighted by Gasteiger charge is 2.33. The van der Waals surface area contributed by atoms with Crippen molar-refractivity contribution in [3.63, 3.8) is 0 Å². The van der Waals surface area contributed by atoms with Crippen LogP contribution in [0.2, 0.25) is 0 Å². The predicted octanol–water partition coefficient (Wildman–Crippen LogP) is 0.332. The van der Waals surface area contributed by atoms with E-state index in [-0.39, 0.29) is 25.4 Å². The molecule has 4 atom stereocenters. The van der Waals surface area contributed by atoms with E-state index in [2.05, 4.69) is 10.6 Å². The Morgan fingerprint density at radius 3 is 1.39 bits per heavy atom. The Balaban J connectivity index is 4.00. The van der Waals surface area contributed by atoms with Crippen LogP contribution in [0, 0.1) is 10.8 Å². The number of aliphatic hydroxyl groups excluding tert-OH is 4. The molecular formula is C22H44N2O7. The molecule has 0 heterocycles. The highest BCUT2D eigenvalue weighted by molar-refractivity contribution is 5.81. The van der Waals surface area contributed by atoms with E-state index in [1.807, 2.05) is 13.8 Å². The minimum absolute atomic E-state index is 0.00697. The molecule has 9 nitrogen and oxygen atoms in total. The van der Waals surface area contributed by atoms with Crippen molar-refractivity contribution in [2.75, 3.05) is 26.3 Å². The smallest absolute Gasteiger partial charge is 0.249 e. The van der Waals surface area contributed by atoms with Crippen molar-refractivity contribution in [2.45, 2.75) is 91.6 Å². The third-order valence-electron chi connectivity index (χ3n) is 5.43. The molecule has 0 aliphatic heterocycles. The molecule has 0 aromatic carbocycles. The lowest BCUT2D eigenvalue weighted by atomic mass is 9.87. The van der Waals surface area contributed by atoms with Crippen LogP contribution in [-0.4, -0.2) is 83.0 Å². The van der Waals surface area contributed by atoms with Crippen LogP contribution in [-0.2, 0) is 14.3 Å². The van der Waals surface area contributed by atoms with Gasteiger partial charge in [-0.05, 0) is 39.5 Å². The van der Waals surface area contributed by atoms with Gasteiger partial charge >= 0.3 is 0 Å². The van der Waals surface area contributed by atoms with Crippen molar-refractivity contribution in [1.82, 2.24) is 10.6 Å². The van der Waals surface area contributed by atoms with Crippen LogP contribution < -0.4 is 10.6 Å². The second kappa shape index (κ2) is 14.0. The molecule has 6 N–H and O–H groups in total. The topological polar surface area (TPSA) is 148 Å². The van der Waals surface area contributed by atoms with E-state index in [9.17, 15) is 30.0 Å². The Bertz CT molecular complexity index is 494. The van der Waals surface area contributed by atoms with Crippen molar-refractivity contribution in [3.8, 4) is 0 Å². The first-order valence-electron chi connectivity index (χ1n) is 11.1. The van der Waals surface area contributed by atoms with Crippen molar-refractivity contribution < 1.29 is 34.8 Å². The van der Waals surface area contributed by atoms with E-state index in [0.29, 0.717) is 25.9 Å². The van der Waals surface area contributed by atoms with Crippen LogP contribution in [0.3, 0.4) is 0 Å². The molecule has 0 rings (SSSR count). The van der Waals surface area contributed by atoms with Gasteiger partial charge in [0.25, 0.3) is 0 Å². The average molecular weight is 449 g/mol. The Morgan fingerprint density at radius 2 is 1.10 bits per heavy atom. The first kappa shape index (κ1) is 29.7. The number of amides is 2. The van der Waals surface area contributed by atoms with E-state index in [4.69, 9.17) is 4.74 Å². The lowest BCUT2D eigenvalue weighted by Crippen LogP contribution is -2.45. The van der Waals surface area contributed by atoms with Crippen LogP contribution in [0.4, 0.5) is 0 Å². The summed E-state index contributed by atoms with van der Waals surface area (Å²) in [5.74, 6) is -0.980. The summed E-state index contributed by atoms with van der Waals surface area (Å²) in [4.78, 5) is 23.8. The summed E-state index contributed by atoms with van der Waals surface area (Å²) >= 11 is 0. The molecule has 0 spiro atoms. The lowest BCUT2D eigenvalue weighted by molar-refractivity contribution is -0.137. The van der Waals surface area contributed by atoms with E-state index in [1.54, 1.807) is 27.7 Å². The molecule has 0 fully saturated rings. The molecule has 0 saturated heterocycles. The summed E-state index contributed by atoms with van der Waals surface area (Å²) in [7, 11) is 0. The maximum absolute atomic E-state index is 11.9. The van der Waals surface area contributed by atoms with E-state index >= 15 is 0 Å². The molecule has 184 valence electrons. The fourth-order valence-corrected chi connectivity index (χ4v) is 2.81. The van der Waals surface area contributed by atoms with Gasteiger partial charge in [0.1, 0.15) is 12.2 Å². The SMILES string of the molecule is CC(CCCNC(=O)C(O)C(C)(C)CO)OC(C)CCCNC(=O)C(O)C(C)(C)CO. The van der Waals surface area contributed by atoms with Gasteiger partial charge in [0.15, 0.2) is 0 Å². The zero-order valence-corrected chi connectivity index (χ0v) is 20.0. The number of ether oxygens (including phenoxy) is 1. The third kappa shape index (κ3) is 11.2. The molecule has 0 aliphatic carbocycles. The fourth-order valence-electron chi connectivity index (χ4n) is 2.81. The van der Waals surface area contributed by atoms with Gasteiger partial charge in [-0.25, -0.2) is 0 Å². The second-order valence-corrected chi connectivity index (χ2v) is 9.72. The number of carbonyl (C=O) groups excluding carboxylic acids is 2. The molecular weight excluding hydrogens is 404 g/mol. The minimum atomic E-state index is -1.26. The van der Waals surface area contributed by atoms with Crippen molar-refractivity contribution >= 4 is 11.8 Å². The summed E-state index contributed by atoms with van der Waals surface area (Å²) in [6.45, 7) is 10.7. The first-order valence-corrected chi connectivity index (χ1v) is 11.1. The van der Waals surface area contributed by atoms with Gasteiger partial charge in [-0.1, -0.05) is 27.7 Å². The van der Waals surface area contributed by atoms with Gasteiger partial charge in [-0.15, -0.1) is 0 Å². The third-order valence-corrected chi connectivity index (χ3v) is 5.43. The molecule has 9 heteroatoms. The maximum atomic E-state index is 11.9. The number of nitrogens with one attached hydrogen (secondary N) is 2. The largest absolute Gasteiger partial charge is 0.396 e. The van der Waals surface area contributed by atoms with Crippen molar-refractivity contribution in [1.29, 1.82) is 0 Å². The van der Waals surface area contributed by atoms with Gasteiger partial charge in [-0.2, -0.15) is 0 Å². The van der Waals surface area contributed by atoms with E-state index in [0.717, 1.165) is 12.8 Å². The highest BCUT2D eigenvalue weighted by atomic mass is 16.5. The zero-order chi connectivity index (χ0) is 24.2. The van der Waals surface area contributed by atoms with E-state index in [1.165, 1.54) is 0 Å². The maximum Gasteiger partial charge on any atom is 0.249 e. The van der Waals surface area contributed by atoms with Crippen LogP contribution in [0.5, 0.6) is 0 Å². The molecule has 0 radical (unpaired) electrons. The summed E-state index contributed by atoms with van der Waals surface area (Å²) in [5, 5.41) is 43.7. The van der Waals surface area contributed by atoms with Crippen LogP contribution >= 0.6 is 0 Å². The molecule has 0 aromatic heterocycles. The summed E-state index contributed by atoms with van der Waals surface area (Å²) < 4.78 is 5.91. The molecule has 2 amide bonds. The van der Waals surface area contributed by atoms with Gasteiger partial charge in [0, 0.05) is 23.9 Å². The Morgan fingerprint density at radius 1 is 0.774 bits per heavy atom. The van der Waals surface area contributed by atoms with Crippen LogP contribution in [0.25, 0.3) is 0 Å². The van der Waals surface area contributed by atoms with Gasteiger partial charge < -0.3 is 35.8 Å². The summed E-state index contributed by atoms with van der Waals surface area (Å²) in [6, 6.07) is 0. The molecule has 0 saturated carbocycles. The van der Waals surface area contributed by atoms with Gasteiger partial charge in [0.05, 0.1) is 25.4 Å². The minimum Gasteiger partial charge on any atom is -0.396 e. The number of rotatable bonds is 16. The quantitative estimate of drug-likeness (QED) is 0.186. The fraction of sp³-hybridized carbons (Fsp3) is 0.909. The standard InChI is InChI=1S/C22H44N2O7/c1-15(9-7-11-23-19(29)17(27)21(3,4)13-25)31-16(2)10-8-12-24-20(30)18(28)22(5,6)14-26/h15-18,25-28H,7-14H2,1-6H3,(H,23,29)(H,24,30). The summed E-state index contributed by atoms with van der Waals surface area (Å²) in [6.07, 6.45) is 0.332. The monoisotopic (exact) mass is 448 g/mol. The molecule has 0 aliphatic rings. The Labute approximate surface area is 186 Å². The van der Waals surface area contributed by atoms with Crippen molar-refractivity contribution in [2.24, 2.45) is 10.8 Å². The molecule has 0 bridgehead atoms. The molecule has 0 aromatic rings. The predicted molar refractivity (Wildman–Crippen MR) is 118 cm³/mol.